The van der Waals surface area contributed by atoms with Gasteiger partial charge in [-0.05, 0) is 40.4 Å². The predicted octanol–water partition coefficient (Wildman–Crippen LogP) is 4.97. The number of nitrogens with zero attached hydrogens (tertiary/aromatic N) is 4. The van der Waals surface area contributed by atoms with E-state index in [9.17, 15) is 5.11 Å². The number of benzene rings is 3. The Morgan fingerprint density at radius 1 is 0.951 bits per heavy atom. The lowest BCUT2D eigenvalue weighted by molar-refractivity contribution is -0.0878. The zero-order valence-electron chi connectivity index (χ0n) is 22.6. The maximum absolute atomic E-state index is 11.3. The highest BCUT2D eigenvalue weighted by molar-refractivity contribution is 6.28. The summed E-state index contributed by atoms with van der Waals surface area (Å²) >= 11 is 6.07. The van der Waals surface area contributed by atoms with E-state index < -0.39 is 24.0 Å². The number of imidazole rings is 1. The lowest BCUT2D eigenvalue weighted by atomic mass is 9.80. The van der Waals surface area contributed by atoms with E-state index in [0.29, 0.717) is 11.2 Å². The summed E-state index contributed by atoms with van der Waals surface area (Å²) in [7, 11) is 1.64. The minimum absolute atomic E-state index is 0.00725. The van der Waals surface area contributed by atoms with Crippen LogP contribution in [0, 0.1) is 5.92 Å². The van der Waals surface area contributed by atoms with Crippen molar-refractivity contribution in [3.8, 4) is 5.75 Å². The SMILES string of the molecule is COc1ccc(C(OC[C@H]2O[C@@H](n3cnc4c(N)nc(Cl)nc43)[C@H](O)[C@@H]2C)(c2ccccc2)c2ccccc2)cc1. The largest absolute Gasteiger partial charge is 0.497 e. The fourth-order valence-electron chi connectivity index (χ4n) is 5.51. The van der Waals surface area contributed by atoms with Gasteiger partial charge < -0.3 is 25.1 Å². The number of rotatable bonds is 8. The minimum atomic E-state index is -0.961. The third-order valence-corrected chi connectivity index (χ3v) is 7.92. The summed E-state index contributed by atoms with van der Waals surface area (Å²) in [4.78, 5) is 12.6. The van der Waals surface area contributed by atoms with Crippen molar-refractivity contribution in [1.29, 1.82) is 0 Å². The number of hydrogen-bond donors (Lipinski definition) is 2. The van der Waals surface area contributed by atoms with Crippen LogP contribution in [-0.2, 0) is 15.1 Å². The Labute approximate surface area is 242 Å². The van der Waals surface area contributed by atoms with Gasteiger partial charge in [-0.3, -0.25) is 4.57 Å². The summed E-state index contributed by atoms with van der Waals surface area (Å²) in [6.45, 7) is 2.13. The van der Waals surface area contributed by atoms with E-state index in [1.165, 1.54) is 6.33 Å². The number of nitrogen functional groups attached to an aromatic ring is 1. The molecule has 1 aliphatic heterocycles. The molecule has 210 valence electrons. The number of halogens is 1. The van der Waals surface area contributed by atoms with E-state index in [1.54, 1.807) is 11.7 Å². The van der Waals surface area contributed by atoms with E-state index in [-0.39, 0.29) is 23.6 Å². The lowest BCUT2D eigenvalue weighted by Gasteiger charge is -2.37. The molecule has 5 aromatic rings. The molecule has 10 heteroatoms. The summed E-state index contributed by atoms with van der Waals surface area (Å²) in [5.41, 5.74) is 8.67. The van der Waals surface area contributed by atoms with Gasteiger partial charge in [0.2, 0.25) is 5.28 Å². The van der Waals surface area contributed by atoms with Gasteiger partial charge in [-0.1, -0.05) is 79.7 Å². The third-order valence-electron chi connectivity index (χ3n) is 7.75. The Morgan fingerprint density at radius 2 is 1.56 bits per heavy atom. The van der Waals surface area contributed by atoms with Gasteiger partial charge in [0.25, 0.3) is 0 Å². The zero-order chi connectivity index (χ0) is 28.6. The van der Waals surface area contributed by atoms with Crippen molar-refractivity contribution in [3.05, 3.63) is 113 Å². The first-order valence-corrected chi connectivity index (χ1v) is 13.7. The van der Waals surface area contributed by atoms with Crippen LogP contribution in [0.3, 0.4) is 0 Å². The van der Waals surface area contributed by atoms with Gasteiger partial charge in [-0.25, -0.2) is 4.98 Å². The monoisotopic (exact) mass is 571 g/mol. The molecule has 1 aliphatic rings. The summed E-state index contributed by atoms with van der Waals surface area (Å²) in [5.74, 6) is 0.640. The molecule has 1 saturated heterocycles. The number of nitrogens with two attached hydrogens (primary N) is 1. The van der Waals surface area contributed by atoms with Gasteiger partial charge in [0.05, 0.1) is 26.1 Å². The van der Waals surface area contributed by atoms with Gasteiger partial charge in [0.15, 0.2) is 17.7 Å². The predicted molar refractivity (Wildman–Crippen MR) is 156 cm³/mol. The highest BCUT2D eigenvalue weighted by Gasteiger charge is 2.45. The molecular weight excluding hydrogens is 542 g/mol. The summed E-state index contributed by atoms with van der Waals surface area (Å²) in [5, 5.41) is 11.3. The molecule has 1 fully saturated rings. The second-order valence-corrected chi connectivity index (χ2v) is 10.4. The highest BCUT2D eigenvalue weighted by atomic mass is 35.5. The number of hydrogen-bond acceptors (Lipinski definition) is 8. The maximum Gasteiger partial charge on any atom is 0.226 e. The zero-order valence-corrected chi connectivity index (χ0v) is 23.3. The molecule has 0 bridgehead atoms. The molecule has 0 amide bonds. The van der Waals surface area contributed by atoms with Crippen molar-refractivity contribution in [2.45, 2.75) is 31.0 Å². The second-order valence-electron chi connectivity index (χ2n) is 10.1. The molecular formula is C31H30ClN5O4. The Hall–Kier alpha value is -4.02. The van der Waals surface area contributed by atoms with Gasteiger partial charge in [0.1, 0.15) is 23.0 Å². The van der Waals surface area contributed by atoms with Crippen molar-refractivity contribution in [2.24, 2.45) is 5.92 Å². The Morgan fingerprint density at radius 3 is 2.17 bits per heavy atom. The molecule has 9 nitrogen and oxygen atoms in total. The second kappa shape index (κ2) is 11.1. The van der Waals surface area contributed by atoms with E-state index in [4.69, 9.17) is 31.5 Å². The smallest absolute Gasteiger partial charge is 0.226 e. The van der Waals surface area contributed by atoms with Crippen molar-refractivity contribution >= 4 is 28.6 Å². The van der Waals surface area contributed by atoms with Crippen LogP contribution in [0.4, 0.5) is 5.82 Å². The number of fused-ring (bicyclic) bond motifs is 1. The molecule has 41 heavy (non-hydrogen) atoms. The molecule has 2 aromatic heterocycles. The molecule has 0 unspecified atom stereocenters. The van der Waals surface area contributed by atoms with Crippen LogP contribution in [0.5, 0.6) is 5.75 Å². The molecule has 3 aromatic carbocycles. The van der Waals surface area contributed by atoms with Crippen LogP contribution >= 0.6 is 11.6 Å². The highest BCUT2D eigenvalue weighted by Crippen LogP contribution is 2.43. The van der Waals surface area contributed by atoms with E-state index in [0.717, 1.165) is 22.4 Å². The molecule has 0 radical (unpaired) electrons. The quantitative estimate of drug-likeness (QED) is 0.198. The van der Waals surface area contributed by atoms with Crippen LogP contribution in [-0.4, -0.2) is 50.6 Å². The van der Waals surface area contributed by atoms with Crippen molar-refractivity contribution in [2.75, 3.05) is 19.5 Å². The van der Waals surface area contributed by atoms with Crippen LogP contribution in [0.15, 0.2) is 91.3 Å². The van der Waals surface area contributed by atoms with E-state index >= 15 is 0 Å². The van der Waals surface area contributed by atoms with Crippen LogP contribution < -0.4 is 10.5 Å². The lowest BCUT2D eigenvalue weighted by Crippen LogP contribution is -2.37. The summed E-state index contributed by atoms with van der Waals surface area (Å²) in [6.07, 6.45) is -0.546. The molecule has 0 aliphatic carbocycles. The summed E-state index contributed by atoms with van der Waals surface area (Å²) < 4.78 is 20.5. The van der Waals surface area contributed by atoms with Crippen molar-refractivity contribution in [3.63, 3.8) is 0 Å². The number of anilines is 1. The van der Waals surface area contributed by atoms with Crippen LogP contribution in [0.2, 0.25) is 5.28 Å². The average Bonchev–Trinajstić information content (AvgIpc) is 3.55. The molecule has 0 spiro atoms. The maximum atomic E-state index is 11.3. The first-order chi connectivity index (χ1) is 19.9. The van der Waals surface area contributed by atoms with E-state index in [1.807, 2.05) is 67.6 Å². The van der Waals surface area contributed by atoms with Crippen molar-refractivity contribution < 1.29 is 19.3 Å². The first-order valence-electron chi connectivity index (χ1n) is 13.3. The van der Waals surface area contributed by atoms with Gasteiger partial charge in [-0.15, -0.1) is 0 Å². The molecule has 0 saturated carbocycles. The Kier molecular flexibility index (Phi) is 7.35. The van der Waals surface area contributed by atoms with Crippen LogP contribution in [0.1, 0.15) is 29.8 Å². The number of ether oxygens (including phenoxy) is 3. The first kappa shape index (κ1) is 27.2. The van der Waals surface area contributed by atoms with E-state index in [2.05, 4.69) is 39.2 Å². The molecule has 4 atom stereocenters. The number of aliphatic hydroxyl groups is 1. The van der Waals surface area contributed by atoms with Crippen LogP contribution in [0.25, 0.3) is 11.2 Å². The Bertz CT molecular complexity index is 1590. The fourth-order valence-corrected chi connectivity index (χ4v) is 5.68. The topological polar surface area (TPSA) is 118 Å². The minimum Gasteiger partial charge on any atom is -0.497 e. The normalized spacial score (nSPS) is 20.9. The fraction of sp³-hybridized carbons (Fsp3) is 0.258. The number of methoxy groups -OCH3 is 1. The summed E-state index contributed by atoms with van der Waals surface area (Å²) in [6, 6.07) is 28.1. The van der Waals surface area contributed by atoms with Crippen molar-refractivity contribution in [1.82, 2.24) is 19.5 Å². The number of aliphatic hydroxyl groups excluding tert-OH is 1. The van der Waals surface area contributed by atoms with Gasteiger partial charge in [0, 0.05) is 5.92 Å². The number of aromatic nitrogens is 4. The molecule has 3 heterocycles. The van der Waals surface area contributed by atoms with Gasteiger partial charge in [-0.2, -0.15) is 9.97 Å². The Balaban J connectivity index is 1.37. The third kappa shape index (κ3) is 4.81. The van der Waals surface area contributed by atoms with Gasteiger partial charge >= 0.3 is 0 Å². The standard InChI is InChI=1S/C31H30ClN5O4/c1-19-24(41-29(26(19)38)37-18-34-25-27(33)35-30(32)36-28(25)37)17-40-31(20-9-5-3-6-10-20,21-11-7-4-8-12-21)22-13-15-23(39-2)16-14-22/h3-16,18-19,24,26,29,38H,17H2,1-2H3,(H2,33,35,36)/t19-,24-,26-,29-/m1/s1. The molecule has 6 rings (SSSR count). The average molecular weight is 572 g/mol. The molecule has 3 N–H and O–H groups in total.